The normalized spacial score (nSPS) is 16.0. The quantitative estimate of drug-likeness (QED) is 0.267. The fraction of sp³-hybridized carbons (Fsp3) is 0.556. The Balaban J connectivity index is 1.73. The molecule has 3 aromatic heterocycles. The molecule has 1 saturated heterocycles. The highest BCUT2D eigenvalue weighted by Gasteiger charge is 2.34. The molecule has 38 heavy (non-hydrogen) atoms. The first-order valence-electron chi connectivity index (χ1n) is 12.8. The van der Waals surface area contributed by atoms with E-state index >= 15 is 0 Å². The molecule has 1 aliphatic heterocycles. The molecule has 0 saturated carbocycles. The first kappa shape index (κ1) is 28.5. The summed E-state index contributed by atoms with van der Waals surface area (Å²) in [5, 5.41) is 11.4. The van der Waals surface area contributed by atoms with Crippen LogP contribution in [0.4, 0.5) is 10.5 Å². The minimum absolute atomic E-state index is 0.0230. The van der Waals surface area contributed by atoms with Gasteiger partial charge in [0.1, 0.15) is 35.5 Å². The standard InChI is InChI=1S/C27H36BrN6O3S/c1-7-33(26(35)37-27(2,3)4)19-8-9-32(16-19)24-21(28)14-31-25-23(24)20-12-18(13-29)30-15-22(20)34(25)17-36-10-11-38(5)6/h12,14-15,19H,7-11,16-17H2,1-6H3/q+1/t19-/m0/s1. The van der Waals surface area contributed by atoms with Crippen molar-refractivity contribution in [3.05, 3.63) is 28.6 Å². The Morgan fingerprint density at radius 1 is 1.32 bits per heavy atom. The highest BCUT2D eigenvalue weighted by Crippen LogP contribution is 2.41. The summed E-state index contributed by atoms with van der Waals surface area (Å²) in [5.74, 6) is 0.999. The Morgan fingerprint density at radius 3 is 2.74 bits per heavy atom. The molecule has 3 aromatic rings. The van der Waals surface area contributed by atoms with Crippen LogP contribution in [0.5, 0.6) is 0 Å². The van der Waals surface area contributed by atoms with Gasteiger partial charge >= 0.3 is 6.09 Å². The minimum Gasteiger partial charge on any atom is -0.444 e. The summed E-state index contributed by atoms with van der Waals surface area (Å²) in [6.45, 7) is 10.7. The second-order valence-electron chi connectivity index (χ2n) is 10.7. The minimum atomic E-state index is -0.547. The molecule has 1 atom stereocenters. The second-order valence-corrected chi connectivity index (χ2v) is 13.9. The molecule has 0 radical (unpaired) electrons. The number of rotatable bonds is 8. The number of pyridine rings is 2. The maximum absolute atomic E-state index is 12.9. The topological polar surface area (TPSA) is 96.5 Å². The summed E-state index contributed by atoms with van der Waals surface area (Å²) in [6.07, 6.45) is 8.50. The Labute approximate surface area is 235 Å². The summed E-state index contributed by atoms with van der Waals surface area (Å²) in [4.78, 5) is 26.2. The number of hydrogen-bond donors (Lipinski definition) is 0. The van der Waals surface area contributed by atoms with Crippen molar-refractivity contribution in [2.45, 2.75) is 52.5 Å². The lowest BCUT2D eigenvalue weighted by atomic mass is 10.1. The predicted molar refractivity (Wildman–Crippen MR) is 157 cm³/mol. The molecule has 4 rings (SSSR count). The Kier molecular flexibility index (Phi) is 8.75. The Hall–Kier alpha value is -2.55. The van der Waals surface area contributed by atoms with Gasteiger partial charge in [0.15, 0.2) is 0 Å². The van der Waals surface area contributed by atoms with Crippen LogP contribution < -0.4 is 4.90 Å². The molecule has 1 fully saturated rings. The molecular formula is C27H36BrN6O3S+. The molecule has 11 heteroatoms. The van der Waals surface area contributed by atoms with E-state index in [1.54, 1.807) is 6.20 Å². The van der Waals surface area contributed by atoms with Crippen molar-refractivity contribution in [2.24, 2.45) is 0 Å². The van der Waals surface area contributed by atoms with Gasteiger partial charge in [-0.1, -0.05) is 0 Å². The molecule has 4 heterocycles. The van der Waals surface area contributed by atoms with Crippen molar-refractivity contribution in [3.8, 4) is 6.07 Å². The fourth-order valence-corrected chi connectivity index (χ4v) is 5.84. The number of carbonyl (C=O) groups is 1. The number of carbonyl (C=O) groups excluding carboxylic acids is 1. The molecule has 0 bridgehead atoms. The SMILES string of the molecule is CCN(C(=O)OC(C)(C)C)[C@H]1CCN(c2c(Br)cnc3c2c2cc(C#N)ncc2n3COCC[S+](C)C)C1. The van der Waals surface area contributed by atoms with Crippen LogP contribution in [0.3, 0.4) is 0 Å². The number of halogens is 1. The Bertz CT molecular complexity index is 1360. The van der Waals surface area contributed by atoms with E-state index in [0.29, 0.717) is 43.0 Å². The van der Waals surface area contributed by atoms with Crippen molar-refractivity contribution in [2.75, 3.05) is 49.4 Å². The number of anilines is 1. The van der Waals surface area contributed by atoms with Crippen LogP contribution in [0.1, 0.15) is 39.8 Å². The average Bonchev–Trinajstić information content (AvgIpc) is 3.44. The van der Waals surface area contributed by atoms with Crippen LogP contribution in [0.15, 0.2) is 22.9 Å². The lowest BCUT2D eigenvalue weighted by Crippen LogP contribution is -2.44. The van der Waals surface area contributed by atoms with Gasteiger partial charge in [0.25, 0.3) is 0 Å². The van der Waals surface area contributed by atoms with Gasteiger partial charge < -0.3 is 19.3 Å². The van der Waals surface area contributed by atoms with Crippen molar-refractivity contribution in [3.63, 3.8) is 0 Å². The highest BCUT2D eigenvalue weighted by atomic mass is 79.9. The van der Waals surface area contributed by atoms with E-state index in [1.165, 1.54) is 0 Å². The molecule has 0 aromatic carbocycles. The molecule has 0 N–H and O–H groups in total. The lowest BCUT2D eigenvalue weighted by Gasteiger charge is -2.31. The molecule has 1 aliphatic rings. The smallest absolute Gasteiger partial charge is 0.410 e. The largest absolute Gasteiger partial charge is 0.444 e. The van der Waals surface area contributed by atoms with Crippen molar-refractivity contribution in [1.29, 1.82) is 5.26 Å². The number of fused-ring (bicyclic) bond motifs is 3. The summed E-state index contributed by atoms with van der Waals surface area (Å²) < 4.78 is 14.6. The van der Waals surface area contributed by atoms with E-state index in [1.807, 2.05) is 49.4 Å². The second kappa shape index (κ2) is 11.7. The maximum atomic E-state index is 12.9. The third-order valence-electron chi connectivity index (χ3n) is 6.55. The Morgan fingerprint density at radius 2 is 2.08 bits per heavy atom. The van der Waals surface area contributed by atoms with Crippen molar-refractivity contribution >= 4 is 60.5 Å². The molecule has 0 spiro atoms. The van der Waals surface area contributed by atoms with Gasteiger partial charge in [-0.25, -0.2) is 14.8 Å². The summed E-state index contributed by atoms with van der Waals surface area (Å²) in [6, 6.07) is 4.02. The number of nitrogens with zero attached hydrogens (tertiary/aromatic N) is 6. The van der Waals surface area contributed by atoms with E-state index in [0.717, 1.165) is 50.8 Å². The lowest BCUT2D eigenvalue weighted by molar-refractivity contribution is 0.0191. The molecule has 1 amide bonds. The van der Waals surface area contributed by atoms with Crippen LogP contribution in [-0.2, 0) is 27.1 Å². The number of likely N-dealkylation sites (N-methyl/N-ethyl adjacent to an activating group) is 1. The zero-order chi connectivity index (χ0) is 27.6. The number of aromatic nitrogens is 3. The first-order chi connectivity index (χ1) is 18.0. The summed E-state index contributed by atoms with van der Waals surface area (Å²) in [7, 11) is 0.303. The number of amides is 1. The number of hydrogen-bond acceptors (Lipinski definition) is 7. The summed E-state index contributed by atoms with van der Waals surface area (Å²) in [5.41, 5.74) is 2.46. The monoisotopic (exact) mass is 603 g/mol. The van der Waals surface area contributed by atoms with Gasteiger partial charge in [0.2, 0.25) is 0 Å². The average molecular weight is 605 g/mol. The zero-order valence-electron chi connectivity index (χ0n) is 23.0. The summed E-state index contributed by atoms with van der Waals surface area (Å²) >= 11 is 3.75. The van der Waals surface area contributed by atoms with Crippen molar-refractivity contribution < 1.29 is 14.3 Å². The fourth-order valence-electron chi connectivity index (χ4n) is 4.84. The van der Waals surface area contributed by atoms with Crippen molar-refractivity contribution in [1.82, 2.24) is 19.4 Å². The van der Waals surface area contributed by atoms with Crippen LogP contribution in [-0.4, -0.2) is 81.7 Å². The van der Waals surface area contributed by atoms with Gasteiger partial charge in [-0.2, -0.15) is 5.26 Å². The number of ether oxygens (including phenoxy) is 2. The maximum Gasteiger partial charge on any atom is 0.410 e. The van der Waals surface area contributed by atoms with Crippen LogP contribution in [0.25, 0.3) is 21.9 Å². The van der Waals surface area contributed by atoms with Gasteiger partial charge in [-0.3, -0.25) is 4.57 Å². The van der Waals surface area contributed by atoms with E-state index in [-0.39, 0.29) is 12.1 Å². The molecule has 0 aliphatic carbocycles. The van der Waals surface area contributed by atoms with Crippen LogP contribution in [0.2, 0.25) is 0 Å². The first-order valence-corrected chi connectivity index (χ1v) is 15.8. The number of nitriles is 1. The van der Waals surface area contributed by atoms with Crippen LogP contribution >= 0.6 is 15.9 Å². The molecule has 9 nitrogen and oxygen atoms in total. The molecular weight excluding hydrogens is 568 g/mol. The third kappa shape index (κ3) is 6.03. The predicted octanol–water partition coefficient (Wildman–Crippen LogP) is 4.91. The molecule has 204 valence electrons. The van der Waals surface area contributed by atoms with Crippen LogP contribution in [0, 0.1) is 11.3 Å². The van der Waals surface area contributed by atoms with Gasteiger partial charge in [-0.05, 0) is 67.0 Å². The van der Waals surface area contributed by atoms with Gasteiger partial charge in [0, 0.05) is 31.2 Å². The highest BCUT2D eigenvalue weighted by molar-refractivity contribution is 9.10. The zero-order valence-corrected chi connectivity index (χ0v) is 25.4. The third-order valence-corrected chi connectivity index (χ3v) is 8.11. The van der Waals surface area contributed by atoms with E-state index in [4.69, 9.17) is 14.5 Å². The van der Waals surface area contributed by atoms with E-state index in [2.05, 4.69) is 44.4 Å². The van der Waals surface area contributed by atoms with Gasteiger partial charge in [0.05, 0.1) is 52.4 Å². The van der Waals surface area contributed by atoms with E-state index < -0.39 is 5.60 Å². The van der Waals surface area contributed by atoms with E-state index in [9.17, 15) is 10.1 Å². The molecule has 0 unspecified atom stereocenters. The van der Waals surface area contributed by atoms with Gasteiger partial charge in [-0.15, -0.1) is 0 Å².